The average molecular weight is 890 g/mol. The molecule has 0 bridgehead atoms. The molecule has 70 heavy (non-hydrogen) atoms. The Hall–Kier alpha value is -9.04. The van der Waals surface area contributed by atoms with Crippen molar-refractivity contribution in [3.8, 4) is 55.6 Å². The number of rotatable bonds is 9. The number of benzene rings is 12. The molecule has 1 nitrogen and oxygen atoms in total. The molecule has 1 aliphatic carbocycles. The molecule has 1 heteroatoms. The first-order valence-electron chi connectivity index (χ1n) is 24.3. The molecule has 12 aromatic rings. The lowest BCUT2D eigenvalue weighted by atomic mass is 9.67. The second-order valence-corrected chi connectivity index (χ2v) is 18.3. The first kappa shape index (κ1) is 41.2. The summed E-state index contributed by atoms with van der Waals surface area (Å²) in [5.74, 6) is 0. The topological polar surface area (TPSA) is 3.24 Å². The summed E-state index contributed by atoms with van der Waals surface area (Å²) in [5.41, 5.74) is 19.8. The van der Waals surface area contributed by atoms with Crippen LogP contribution >= 0.6 is 0 Å². The zero-order valence-corrected chi connectivity index (χ0v) is 38.6. The summed E-state index contributed by atoms with van der Waals surface area (Å²) in [6.07, 6.45) is 0. The highest BCUT2D eigenvalue weighted by molar-refractivity contribution is 6.22. The quantitative estimate of drug-likeness (QED) is 0.131. The van der Waals surface area contributed by atoms with Crippen molar-refractivity contribution in [1.29, 1.82) is 0 Å². The maximum Gasteiger partial charge on any atom is 0.0714 e. The van der Waals surface area contributed by atoms with Gasteiger partial charge in [-0.3, -0.25) is 0 Å². The highest BCUT2D eigenvalue weighted by Crippen LogP contribution is 2.58. The molecule has 328 valence electrons. The molecule has 0 heterocycles. The van der Waals surface area contributed by atoms with E-state index < -0.39 is 5.41 Å². The number of nitrogens with zero attached hydrogens (tertiary/aromatic N) is 1. The Morgan fingerprint density at radius 1 is 0.243 bits per heavy atom. The predicted molar refractivity (Wildman–Crippen MR) is 295 cm³/mol. The Morgan fingerprint density at radius 3 is 1.33 bits per heavy atom. The molecule has 0 unspecified atom stereocenters. The van der Waals surface area contributed by atoms with Crippen molar-refractivity contribution in [3.05, 3.63) is 307 Å². The third kappa shape index (κ3) is 6.70. The smallest absolute Gasteiger partial charge is 0.0714 e. The van der Waals surface area contributed by atoms with Crippen LogP contribution in [0.15, 0.2) is 285 Å². The van der Waals surface area contributed by atoms with Crippen molar-refractivity contribution in [1.82, 2.24) is 0 Å². The van der Waals surface area contributed by atoms with Gasteiger partial charge < -0.3 is 4.90 Å². The van der Waals surface area contributed by atoms with Crippen molar-refractivity contribution in [2.45, 2.75) is 5.41 Å². The molecular weight excluding hydrogens is 843 g/mol. The molecule has 0 amide bonds. The van der Waals surface area contributed by atoms with Crippen LogP contribution in [0, 0.1) is 0 Å². The van der Waals surface area contributed by atoms with Crippen molar-refractivity contribution >= 4 is 38.6 Å². The van der Waals surface area contributed by atoms with Gasteiger partial charge in [0.05, 0.1) is 11.1 Å². The zero-order valence-electron chi connectivity index (χ0n) is 38.6. The van der Waals surface area contributed by atoms with Gasteiger partial charge in [-0.15, -0.1) is 0 Å². The van der Waals surface area contributed by atoms with Crippen molar-refractivity contribution < 1.29 is 0 Å². The van der Waals surface area contributed by atoms with E-state index in [2.05, 4.69) is 290 Å². The molecule has 0 aliphatic heterocycles. The fraction of sp³-hybridized carbons (Fsp3) is 0.0145. The van der Waals surface area contributed by atoms with Crippen LogP contribution in [0.3, 0.4) is 0 Å². The van der Waals surface area contributed by atoms with Gasteiger partial charge in [-0.25, -0.2) is 0 Å². The Morgan fingerprint density at radius 2 is 0.686 bits per heavy atom. The van der Waals surface area contributed by atoms with Crippen LogP contribution in [0.2, 0.25) is 0 Å². The van der Waals surface area contributed by atoms with Gasteiger partial charge in [0.2, 0.25) is 0 Å². The van der Waals surface area contributed by atoms with E-state index >= 15 is 0 Å². The molecule has 1 aliphatic rings. The summed E-state index contributed by atoms with van der Waals surface area (Å²) in [6.45, 7) is 0. The average Bonchev–Trinajstić information content (AvgIpc) is 3.74. The molecule has 0 aromatic heterocycles. The van der Waals surface area contributed by atoms with Gasteiger partial charge in [-0.1, -0.05) is 255 Å². The summed E-state index contributed by atoms with van der Waals surface area (Å²) < 4.78 is 0. The Labute approximate surface area is 409 Å². The Balaban J connectivity index is 1.10. The standard InChI is InChI=1S/C69H47N/c1-6-22-48(23-7-1)52-40-44-57(49-24-8-2-9-25-49)64(46-52)50-38-41-55(42-39-50)70(68-63-36-19-17-33-59(63)58-32-16-18-35-62(58)67(68)51-26-10-3-11-27-51)56-43-45-61-60-34-20-21-37-65(60)69(66(61)47-56,53-28-12-4-13-29-53)54-30-14-5-15-31-54/h1-47H. The van der Waals surface area contributed by atoms with Gasteiger partial charge in [0.1, 0.15) is 0 Å². The van der Waals surface area contributed by atoms with E-state index in [1.165, 1.54) is 93.9 Å². The molecule has 0 atom stereocenters. The molecule has 13 rings (SSSR count). The molecule has 12 aromatic carbocycles. The van der Waals surface area contributed by atoms with Crippen molar-refractivity contribution in [3.63, 3.8) is 0 Å². The summed E-state index contributed by atoms with van der Waals surface area (Å²) in [4.78, 5) is 2.55. The van der Waals surface area contributed by atoms with Crippen LogP contribution in [0.1, 0.15) is 22.3 Å². The third-order valence-corrected chi connectivity index (χ3v) is 14.5. The maximum atomic E-state index is 2.55. The second-order valence-electron chi connectivity index (χ2n) is 18.3. The SMILES string of the molecule is c1ccc(-c2ccc(-c3ccccc3)c(-c3ccc(N(c4ccc5c(c4)C(c4ccccc4)(c4ccccc4)c4ccccc4-5)c4c(-c5ccccc5)c5ccccc5c5ccccc45)cc3)c2)cc1. The van der Waals surface area contributed by atoms with E-state index in [4.69, 9.17) is 0 Å². The van der Waals surface area contributed by atoms with Gasteiger partial charge in [0, 0.05) is 22.3 Å². The van der Waals surface area contributed by atoms with Crippen LogP contribution in [0.5, 0.6) is 0 Å². The number of hydrogen-bond acceptors (Lipinski definition) is 1. The number of fused-ring (bicyclic) bond motifs is 6. The number of anilines is 3. The fourth-order valence-corrected chi connectivity index (χ4v) is 11.5. The van der Waals surface area contributed by atoms with Crippen LogP contribution in [-0.4, -0.2) is 0 Å². The summed E-state index contributed by atoms with van der Waals surface area (Å²) in [5, 5.41) is 4.85. The maximum absolute atomic E-state index is 2.55. The lowest BCUT2D eigenvalue weighted by molar-refractivity contribution is 0.768. The molecule has 0 saturated heterocycles. The van der Waals surface area contributed by atoms with E-state index in [1.54, 1.807) is 0 Å². The van der Waals surface area contributed by atoms with Crippen LogP contribution in [0.25, 0.3) is 77.2 Å². The van der Waals surface area contributed by atoms with E-state index in [0.29, 0.717) is 0 Å². The summed E-state index contributed by atoms with van der Waals surface area (Å²) in [7, 11) is 0. The van der Waals surface area contributed by atoms with Gasteiger partial charge >= 0.3 is 0 Å². The Bertz CT molecular complexity index is 3800. The van der Waals surface area contributed by atoms with Gasteiger partial charge in [-0.05, 0) is 119 Å². The summed E-state index contributed by atoms with van der Waals surface area (Å²) in [6, 6.07) is 105. The number of hydrogen-bond donors (Lipinski definition) is 0. The lowest BCUT2D eigenvalue weighted by Crippen LogP contribution is -2.28. The van der Waals surface area contributed by atoms with Crippen LogP contribution < -0.4 is 4.90 Å². The second kappa shape index (κ2) is 17.2. The van der Waals surface area contributed by atoms with E-state index in [0.717, 1.165) is 22.6 Å². The molecule has 0 N–H and O–H groups in total. The van der Waals surface area contributed by atoms with E-state index in [-0.39, 0.29) is 0 Å². The zero-order chi connectivity index (χ0) is 46.4. The highest BCUT2D eigenvalue weighted by Gasteiger charge is 2.46. The minimum absolute atomic E-state index is 0.564. The van der Waals surface area contributed by atoms with E-state index in [9.17, 15) is 0 Å². The Kier molecular flexibility index (Phi) is 10.1. The normalized spacial score (nSPS) is 12.4. The largest absolute Gasteiger partial charge is 0.309 e. The monoisotopic (exact) mass is 889 g/mol. The van der Waals surface area contributed by atoms with E-state index in [1.807, 2.05) is 0 Å². The van der Waals surface area contributed by atoms with Crippen molar-refractivity contribution in [2.75, 3.05) is 4.90 Å². The first-order chi connectivity index (χ1) is 34.8. The first-order valence-corrected chi connectivity index (χ1v) is 24.3. The third-order valence-electron chi connectivity index (χ3n) is 14.5. The molecule has 0 saturated carbocycles. The minimum atomic E-state index is -0.564. The van der Waals surface area contributed by atoms with Gasteiger partial charge in [0.25, 0.3) is 0 Å². The molecule has 0 spiro atoms. The van der Waals surface area contributed by atoms with Crippen LogP contribution in [0.4, 0.5) is 17.1 Å². The minimum Gasteiger partial charge on any atom is -0.309 e. The molecular formula is C69H47N. The van der Waals surface area contributed by atoms with Gasteiger partial charge in [-0.2, -0.15) is 0 Å². The lowest BCUT2D eigenvalue weighted by Gasteiger charge is -2.35. The van der Waals surface area contributed by atoms with Crippen LogP contribution in [-0.2, 0) is 5.41 Å². The van der Waals surface area contributed by atoms with Crippen molar-refractivity contribution in [2.24, 2.45) is 0 Å². The summed E-state index contributed by atoms with van der Waals surface area (Å²) >= 11 is 0. The molecule has 0 radical (unpaired) electrons. The fourth-order valence-electron chi connectivity index (χ4n) is 11.5. The highest BCUT2D eigenvalue weighted by atomic mass is 15.1. The molecule has 0 fully saturated rings. The predicted octanol–water partition coefficient (Wildman–Crippen LogP) is 18.5. The van der Waals surface area contributed by atoms with Gasteiger partial charge in [0.15, 0.2) is 0 Å².